The van der Waals surface area contributed by atoms with E-state index >= 15 is 0 Å². The predicted molar refractivity (Wildman–Crippen MR) is 116 cm³/mol. The molecular formula is C23H26N2O4S. The lowest BCUT2D eigenvalue weighted by Crippen LogP contribution is -2.27. The lowest BCUT2D eigenvalue weighted by Gasteiger charge is -2.15. The maximum Gasteiger partial charge on any atom is 0.253 e. The first-order valence-electron chi connectivity index (χ1n) is 10.4. The summed E-state index contributed by atoms with van der Waals surface area (Å²) in [4.78, 5) is 27.5. The Bertz CT molecular complexity index is 895. The fourth-order valence-electron chi connectivity index (χ4n) is 3.50. The zero-order valence-corrected chi connectivity index (χ0v) is 17.7. The minimum absolute atomic E-state index is 0.0377. The number of nitrogens with one attached hydrogen (secondary N) is 1. The lowest BCUT2D eigenvalue weighted by atomic mass is 10.1. The van der Waals surface area contributed by atoms with E-state index in [0.29, 0.717) is 31.1 Å². The van der Waals surface area contributed by atoms with Gasteiger partial charge in [0, 0.05) is 36.5 Å². The van der Waals surface area contributed by atoms with Crippen LogP contribution in [0, 0.1) is 0 Å². The van der Waals surface area contributed by atoms with Crippen molar-refractivity contribution in [3.05, 3.63) is 53.6 Å². The van der Waals surface area contributed by atoms with E-state index in [2.05, 4.69) is 5.32 Å². The highest BCUT2D eigenvalue weighted by molar-refractivity contribution is 8.00. The minimum atomic E-state index is -0.0377. The van der Waals surface area contributed by atoms with Crippen molar-refractivity contribution in [2.45, 2.75) is 30.7 Å². The number of carbonyl (C=O) groups is 2. The fraction of sp³-hybridized carbons (Fsp3) is 0.391. The molecule has 7 heteroatoms. The van der Waals surface area contributed by atoms with Crippen LogP contribution in [-0.2, 0) is 11.3 Å². The number of fused-ring (bicyclic) bond motifs is 1. The zero-order valence-electron chi connectivity index (χ0n) is 16.9. The molecule has 0 aromatic heterocycles. The van der Waals surface area contributed by atoms with Crippen LogP contribution >= 0.6 is 11.8 Å². The lowest BCUT2D eigenvalue weighted by molar-refractivity contribution is -0.118. The first kappa shape index (κ1) is 20.6. The second kappa shape index (κ2) is 9.89. The van der Waals surface area contributed by atoms with E-state index in [4.69, 9.17) is 9.47 Å². The molecule has 2 aliphatic heterocycles. The summed E-state index contributed by atoms with van der Waals surface area (Å²) in [5.74, 6) is 1.87. The molecule has 1 fully saturated rings. The molecule has 4 rings (SSSR count). The van der Waals surface area contributed by atoms with E-state index in [1.807, 2.05) is 47.4 Å². The standard InChI is InChI=1S/C23H26N2O4S/c26-22(16-30-19-8-9-20-21(14-19)29-13-3-12-28-20)24-15-17-4-6-18(7-5-17)23(27)25-10-1-2-11-25/h4-9,14H,1-3,10-13,15-16H2,(H,24,26). The van der Waals surface area contributed by atoms with Crippen LogP contribution in [0.25, 0.3) is 0 Å². The third-order valence-electron chi connectivity index (χ3n) is 5.17. The molecule has 6 nitrogen and oxygen atoms in total. The highest BCUT2D eigenvalue weighted by Crippen LogP contribution is 2.33. The third kappa shape index (κ3) is 5.27. The van der Waals surface area contributed by atoms with Crippen molar-refractivity contribution in [2.24, 2.45) is 0 Å². The molecule has 1 N–H and O–H groups in total. The molecule has 1 saturated heterocycles. The number of rotatable bonds is 6. The maximum absolute atomic E-state index is 12.4. The summed E-state index contributed by atoms with van der Waals surface area (Å²) < 4.78 is 11.3. The number of ether oxygens (including phenoxy) is 2. The minimum Gasteiger partial charge on any atom is -0.490 e. The fourth-order valence-corrected chi connectivity index (χ4v) is 4.26. The molecule has 0 saturated carbocycles. The Kier molecular flexibility index (Phi) is 6.79. The van der Waals surface area contributed by atoms with E-state index in [1.54, 1.807) is 0 Å². The van der Waals surface area contributed by atoms with Gasteiger partial charge in [-0.15, -0.1) is 11.8 Å². The first-order valence-corrected chi connectivity index (χ1v) is 11.3. The van der Waals surface area contributed by atoms with Crippen LogP contribution in [0.3, 0.4) is 0 Å². The Morgan fingerprint density at radius 1 is 0.933 bits per heavy atom. The van der Waals surface area contributed by atoms with Crippen LogP contribution in [0.2, 0.25) is 0 Å². The molecule has 0 radical (unpaired) electrons. The number of hydrogen-bond donors (Lipinski definition) is 1. The monoisotopic (exact) mass is 426 g/mol. The van der Waals surface area contributed by atoms with Crippen molar-refractivity contribution < 1.29 is 19.1 Å². The van der Waals surface area contributed by atoms with Gasteiger partial charge in [0.1, 0.15) is 0 Å². The van der Waals surface area contributed by atoms with Gasteiger partial charge in [0.15, 0.2) is 11.5 Å². The van der Waals surface area contributed by atoms with Gasteiger partial charge < -0.3 is 19.7 Å². The topological polar surface area (TPSA) is 67.9 Å². The van der Waals surface area contributed by atoms with E-state index in [0.717, 1.165) is 54.3 Å². The molecule has 158 valence electrons. The molecule has 30 heavy (non-hydrogen) atoms. The van der Waals surface area contributed by atoms with Gasteiger partial charge in [-0.2, -0.15) is 0 Å². The summed E-state index contributed by atoms with van der Waals surface area (Å²) >= 11 is 1.47. The second-order valence-corrected chi connectivity index (χ2v) is 8.47. The van der Waals surface area contributed by atoms with Crippen LogP contribution in [0.5, 0.6) is 11.5 Å². The van der Waals surface area contributed by atoms with Crippen molar-refractivity contribution in [3.8, 4) is 11.5 Å². The van der Waals surface area contributed by atoms with Gasteiger partial charge in [0.2, 0.25) is 5.91 Å². The van der Waals surface area contributed by atoms with Crippen molar-refractivity contribution in [1.29, 1.82) is 0 Å². The summed E-state index contributed by atoms with van der Waals surface area (Å²) in [5, 5.41) is 2.93. The SMILES string of the molecule is O=C(CSc1ccc2c(c1)OCCCO2)NCc1ccc(C(=O)N2CCCC2)cc1. The van der Waals surface area contributed by atoms with Crippen LogP contribution < -0.4 is 14.8 Å². The van der Waals surface area contributed by atoms with Gasteiger partial charge >= 0.3 is 0 Å². The third-order valence-corrected chi connectivity index (χ3v) is 6.17. The van der Waals surface area contributed by atoms with Crippen molar-refractivity contribution in [3.63, 3.8) is 0 Å². The number of nitrogens with zero attached hydrogens (tertiary/aromatic N) is 1. The second-order valence-electron chi connectivity index (χ2n) is 7.42. The molecule has 2 aliphatic rings. The first-order chi connectivity index (χ1) is 14.7. The van der Waals surface area contributed by atoms with Gasteiger partial charge in [-0.3, -0.25) is 9.59 Å². The van der Waals surface area contributed by atoms with Gasteiger partial charge in [-0.1, -0.05) is 12.1 Å². The van der Waals surface area contributed by atoms with E-state index in [-0.39, 0.29) is 11.8 Å². The van der Waals surface area contributed by atoms with Gasteiger partial charge in [0.05, 0.1) is 19.0 Å². The molecule has 0 bridgehead atoms. The van der Waals surface area contributed by atoms with Crippen molar-refractivity contribution >= 4 is 23.6 Å². The van der Waals surface area contributed by atoms with Crippen LogP contribution in [0.1, 0.15) is 35.2 Å². The normalized spacial score (nSPS) is 15.5. The summed E-state index contributed by atoms with van der Waals surface area (Å²) in [6.07, 6.45) is 3.03. The summed E-state index contributed by atoms with van der Waals surface area (Å²) in [6.45, 7) is 3.44. The molecule has 0 spiro atoms. The smallest absolute Gasteiger partial charge is 0.253 e. The number of carbonyl (C=O) groups excluding carboxylic acids is 2. The molecule has 0 aliphatic carbocycles. The Morgan fingerprint density at radius 3 is 2.43 bits per heavy atom. The van der Waals surface area contributed by atoms with Gasteiger partial charge in [0.25, 0.3) is 5.91 Å². The van der Waals surface area contributed by atoms with Crippen molar-refractivity contribution in [1.82, 2.24) is 10.2 Å². The quantitative estimate of drug-likeness (QED) is 0.716. The number of amides is 2. The molecule has 2 heterocycles. The highest BCUT2D eigenvalue weighted by atomic mass is 32.2. The largest absolute Gasteiger partial charge is 0.490 e. The Labute approximate surface area is 180 Å². The maximum atomic E-state index is 12.4. The summed E-state index contributed by atoms with van der Waals surface area (Å²) in [6, 6.07) is 13.3. The van der Waals surface area contributed by atoms with Crippen LogP contribution in [0.15, 0.2) is 47.4 Å². The summed E-state index contributed by atoms with van der Waals surface area (Å²) in [5.41, 5.74) is 1.68. The van der Waals surface area contributed by atoms with Gasteiger partial charge in [-0.05, 0) is 48.7 Å². The zero-order chi connectivity index (χ0) is 20.8. The Hall–Kier alpha value is -2.67. The molecule has 2 aromatic rings. The number of benzene rings is 2. The van der Waals surface area contributed by atoms with Gasteiger partial charge in [-0.25, -0.2) is 0 Å². The average molecular weight is 427 g/mol. The van der Waals surface area contributed by atoms with Crippen LogP contribution in [0.4, 0.5) is 0 Å². The van der Waals surface area contributed by atoms with E-state index < -0.39 is 0 Å². The van der Waals surface area contributed by atoms with E-state index in [9.17, 15) is 9.59 Å². The number of thioether (sulfide) groups is 1. The molecule has 0 unspecified atom stereocenters. The molecule has 2 aromatic carbocycles. The molecular weight excluding hydrogens is 400 g/mol. The highest BCUT2D eigenvalue weighted by Gasteiger charge is 2.19. The van der Waals surface area contributed by atoms with E-state index in [1.165, 1.54) is 11.8 Å². The van der Waals surface area contributed by atoms with Crippen molar-refractivity contribution in [2.75, 3.05) is 32.1 Å². The molecule has 0 atom stereocenters. The average Bonchev–Trinajstić information content (AvgIpc) is 3.22. The predicted octanol–water partition coefficient (Wildman–Crippen LogP) is 3.49. The Balaban J connectivity index is 1.24. The number of hydrogen-bond acceptors (Lipinski definition) is 5. The molecule has 2 amide bonds. The van der Waals surface area contributed by atoms with Crippen LogP contribution in [-0.4, -0.2) is 48.8 Å². The summed E-state index contributed by atoms with van der Waals surface area (Å²) in [7, 11) is 0. The number of likely N-dealkylation sites (tertiary alicyclic amines) is 1. The Morgan fingerprint density at radius 2 is 1.67 bits per heavy atom.